The summed E-state index contributed by atoms with van der Waals surface area (Å²) in [4.78, 5) is 17.2. The number of allylic oxidation sites excluding steroid dienone is 4. The fraction of sp³-hybridized carbons (Fsp3) is 0.611. The SMILES string of the molecule is COC1=CSC(CC2=CC=CCN2CCC2CCCN2C)C1=O. The Labute approximate surface area is 143 Å². The standard InChI is InChI=1S/C18H26N2O2S/c1-19-9-5-7-14(19)8-11-20-10-4-3-6-15(20)12-17-18(21)16(22-2)13-23-17/h3-4,6,13-14,17H,5,7-12H2,1-2H3. The van der Waals surface area contributed by atoms with Gasteiger partial charge in [0.1, 0.15) is 0 Å². The van der Waals surface area contributed by atoms with Crippen LogP contribution < -0.4 is 0 Å². The van der Waals surface area contributed by atoms with Gasteiger partial charge in [-0.2, -0.15) is 0 Å². The van der Waals surface area contributed by atoms with Crippen LogP contribution in [0.5, 0.6) is 0 Å². The smallest absolute Gasteiger partial charge is 0.211 e. The number of carbonyl (C=O) groups is 1. The number of thioether (sulfide) groups is 1. The van der Waals surface area contributed by atoms with E-state index in [0.29, 0.717) is 11.8 Å². The molecule has 0 bridgehead atoms. The third kappa shape index (κ3) is 3.83. The van der Waals surface area contributed by atoms with Crippen LogP contribution in [0.3, 0.4) is 0 Å². The molecule has 5 heteroatoms. The highest BCUT2D eigenvalue weighted by molar-refractivity contribution is 8.04. The van der Waals surface area contributed by atoms with Gasteiger partial charge in [0.25, 0.3) is 0 Å². The van der Waals surface area contributed by atoms with Gasteiger partial charge in [0.2, 0.25) is 5.78 Å². The van der Waals surface area contributed by atoms with Gasteiger partial charge in [0, 0.05) is 36.7 Å². The van der Waals surface area contributed by atoms with Crippen molar-refractivity contribution in [2.75, 3.05) is 33.8 Å². The molecule has 23 heavy (non-hydrogen) atoms. The second-order valence-electron chi connectivity index (χ2n) is 6.48. The minimum absolute atomic E-state index is 0.0284. The number of hydrogen-bond donors (Lipinski definition) is 0. The van der Waals surface area contributed by atoms with Crippen molar-refractivity contribution in [3.63, 3.8) is 0 Å². The first-order valence-corrected chi connectivity index (χ1v) is 9.38. The number of Topliss-reactive ketones (excluding diaryl/α,β-unsaturated/α-hetero) is 1. The van der Waals surface area contributed by atoms with E-state index in [1.54, 1.807) is 18.9 Å². The first-order valence-electron chi connectivity index (χ1n) is 8.43. The predicted molar refractivity (Wildman–Crippen MR) is 95.2 cm³/mol. The van der Waals surface area contributed by atoms with Crippen molar-refractivity contribution in [3.05, 3.63) is 35.1 Å². The van der Waals surface area contributed by atoms with Crippen molar-refractivity contribution in [1.82, 2.24) is 9.80 Å². The Bertz CT molecular complexity index is 541. The van der Waals surface area contributed by atoms with E-state index in [2.05, 4.69) is 35.1 Å². The van der Waals surface area contributed by atoms with Gasteiger partial charge in [-0.15, -0.1) is 11.8 Å². The predicted octanol–water partition coefficient (Wildman–Crippen LogP) is 2.79. The Kier molecular flexibility index (Phi) is 5.49. The fourth-order valence-corrected chi connectivity index (χ4v) is 4.58. The number of likely N-dealkylation sites (tertiary alicyclic amines) is 1. The normalized spacial score (nSPS) is 28.3. The molecule has 3 rings (SSSR count). The molecule has 2 atom stereocenters. The summed E-state index contributed by atoms with van der Waals surface area (Å²) in [6.45, 7) is 3.26. The number of ether oxygens (including phenoxy) is 1. The Morgan fingerprint density at radius 3 is 3.00 bits per heavy atom. The van der Waals surface area contributed by atoms with Gasteiger partial charge in [-0.3, -0.25) is 4.79 Å². The second-order valence-corrected chi connectivity index (χ2v) is 7.55. The molecule has 0 amide bonds. The molecule has 4 nitrogen and oxygen atoms in total. The third-order valence-electron chi connectivity index (χ3n) is 5.05. The maximum atomic E-state index is 12.2. The van der Waals surface area contributed by atoms with Gasteiger partial charge in [-0.1, -0.05) is 12.2 Å². The van der Waals surface area contributed by atoms with Gasteiger partial charge in [0.15, 0.2) is 5.76 Å². The number of hydrogen-bond acceptors (Lipinski definition) is 5. The Hall–Kier alpha value is -1.20. The van der Waals surface area contributed by atoms with E-state index >= 15 is 0 Å². The van der Waals surface area contributed by atoms with Crippen molar-refractivity contribution in [2.24, 2.45) is 0 Å². The minimum Gasteiger partial charge on any atom is -0.492 e. The van der Waals surface area contributed by atoms with Crippen LogP contribution in [0.25, 0.3) is 0 Å². The average Bonchev–Trinajstić information content (AvgIpc) is 3.13. The number of carbonyl (C=O) groups excluding carboxylic acids is 1. The minimum atomic E-state index is -0.0284. The van der Waals surface area contributed by atoms with Crippen molar-refractivity contribution >= 4 is 17.5 Å². The van der Waals surface area contributed by atoms with E-state index in [1.807, 2.05) is 5.41 Å². The number of ketones is 1. The molecule has 3 aliphatic heterocycles. The lowest BCUT2D eigenvalue weighted by Gasteiger charge is -2.31. The summed E-state index contributed by atoms with van der Waals surface area (Å²) in [7, 11) is 3.80. The molecule has 2 unspecified atom stereocenters. The zero-order chi connectivity index (χ0) is 16.2. The lowest BCUT2D eigenvalue weighted by atomic mass is 10.1. The summed E-state index contributed by atoms with van der Waals surface area (Å²) in [5.41, 5.74) is 1.28. The molecule has 1 fully saturated rings. The molecule has 0 spiro atoms. The van der Waals surface area contributed by atoms with Gasteiger partial charge >= 0.3 is 0 Å². The summed E-state index contributed by atoms with van der Waals surface area (Å²) >= 11 is 1.59. The van der Waals surface area contributed by atoms with E-state index in [1.165, 1.54) is 31.5 Å². The lowest BCUT2D eigenvalue weighted by Crippen LogP contribution is -2.33. The summed E-state index contributed by atoms with van der Waals surface area (Å²) in [5.74, 6) is 0.634. The van der Waals surface area contributed by atoms with Crippen molar-refractivity contribution in [2.45, 2.75) is 37.0 Å². The van der Waals surface area contributed by atoms with E-state index in [-0.39, 0.29) is 11.0 Å². The highest BCUT2D eigenvalue weighted by Crippen LogP contribution is 2.33. The number of rotatable bonds is 6. The van der Waals surface area contributed by atoms with Crippen molar-refractivity contribution in [1.29, 1.82) is 0 Å². The molecule has 0 saturated carbocycles. The highest BCUT2D eigenvalue weighted by Gasteiger charge is 2.31. The first-order chi connectivity index (χ1) is 11.2. The number of nitrogens with zero attached hydrogens (tertiary/aromatic N) is 2. The fourth-order valence-electron chi connectivity index (χ4n) is 3.57. The molecule has 0 N–H and O–H groups in total. The number of methoxy groups -OCH3 is 1. The van der Waals surface area contributed by atoms with Crippen LogP contribution in [0.4, 0.5) is 0 Å². The maximum absolute atomic E-state index is 12.2. The van der Waals surface area contributed by atoms with E-state index in [0.717, 1.165) is 19.5 Å². The zero-order valence-electron chi connectivity index (χ0n) is 14.0. The molecule has 0 aromatic rings. The highest BCUT2D eigenvalue weighted by atomic mass is 32.2. The summed E-state index contributed by atoms with van der Waals surface area (Å²) in [6, 6.07) is 0.714. The van der Waals surface area contributed by atoms with Gasteiger partial charge < -0.3 is 14.5 Å². The van der Waals surface area contributed by atoms with E-state index in [4.69, 9.17) is 4.74 Å². The van der Waals surface area contributed by atoms with Gasteiger partial charge in [-0.05, 0) is 38.9 Å². The Morgan fingerprint density at radius 1 is 1.43 bits per heavy atom. The molecule has 3 heterocycles. The summed E-state index contributed by atoms with van der Waals surface area (Å²) < 4.78 is 5.13. The Morgan fingerprint density at radius 2 is 2.30 bits per heavy atom. The summed E-state index contributed by atoms with van der Waals surface area (Å²) in [5, 5.41) is 1.82. The quantitative estimate of drug-likeness (QED) is 0.746. The van der Waals surface area contributed by atoms with E-state index in [9.17, 15) is 4.79 Å². The molecule has 0 radical (unpaired) electrons. The lowest BCUT2D eigenvalue weighted by molar-refractivity contribution is -0.117. The molecule has 0 aliphatic carbocycles. The molecule has 0 aromatic carbocycles. The second kappa shape index (κ2) is 7.58. The molecule has 3 aliphatic rings. The first kappa shape index (κ1) is 16.7. The Balaban J connectivity index is 1.55. The molecule has 126 valence electrons. The molecule has 0 aromatic heterocycles. The summed E-state index contributed by atoms with van der Waals surface area (Å²) in [6.07, 6.45) is 11.1. The van der Waals surface area contributed by atoms with Gasteiger partial charge in [-0.25, -0.2) is 0 Å². The average molecular weight is 334 g/mol. The van der Waals surface area contributed by atoms with Crippen LogP contribution in [0.1, 0.15) is 25.7 Å². The molecular weight excluding hydrogens is 308 g/mol. The topological polar surface area (TPSA) is 32.8 Å². The zero-order valence-corrected chi connectivity index (χ0v) is 14.8. The van der Waals surface area contributed by atoms with Crippen LogP contribution in [0.15, 0.2) is 35.1 Å². The van der Waals surface area contributed by atoms with Crippen molar-refractivity contribution < 1.29 is 9.53 Å². The molecular formula is C18H26N2O2S. The van der Waals surface area contributed by atoms with E-state index < -0.39 is 0 Å². The monoisotopic (exact) mass is 334 g/mol. The van der Waals surface area contributed by atoms with Crippen LogP contribution in [-0.4, -0.2) is 60.7 Å². The van der Waals surface area contributed by atoms with Crippen LogP contribution in [0, 0.1) is 0 Å². The van der Waals surface area contributed by atoms with Crippen LogP contribution in [0.2, 0.25) is 0 Å². The molecule has 1 saturated heterocycles. The largest absolute Gasteiger partial charge is 0.492 e. The van der Waals surface area contributed by atoms with Crippen LogP contribution in [-0.2, 0) is 9.53 Å². The van der Waals surface area contributed by atoms with Crippen molar-refractivity contribution in [3.8, 4) is 0 Å². The third-order valence-corrected chi connectivity index (χ3v) is 6.11. The maximum Gasteiger partial charge on any atom is 0.211 e. The van der Waals surface area contributed by atoms with Gasteiger partial charge in [0.05, 0.1) is 12.4 Å². The van der Waals surface area contributed by atoms with Crippen LogP contribution >= 0.6 is 11.8 Å².